The zero-order chi connectivity index (χ0) is 18.3. The molecule has 0 spiro atoms. The van der Waals surface area contributed by atoms with E-state index in [4.69, 9.17) is 0 Å². The van der Waals surface area contributed by atoms with Crippen LogP contribution in [0.4, 0.5) is 0 Å². The third-order valence-corrected chi connectivity index (χ3v) is 6.77. The van der Waals surface area contributed by atoms with Crippen LogP contribution >= 0.6 is 0 Å². The average Bonchev–Trinajstić information content (AvgIpc) is 3.09. The number of hydrogen-bond acceptors (Lipinski definition) is 3. The van der Waals surface area contributed by atoms with E-state index in [-0.39, 0.29) is 23.1 Å². The van der Waals surface area contributed by atoms with Crippen molar-refractivity contribution in [1.82, 2.24) is 20.8 Å². The Morgan fingerprint density at radius 3 is 2.31 bits per heavy atom. The molecule has 26 heavy (non-hydrogen) atoms. The maximum absolute atomic E-state index is 13.2. The summed E-state index contributed by atoms with van der Waals surface area (Å²) in [6.45, 7) is 4.37. The van der Waals surface area contributed by atoms with E-state index in [1.54, 1.807) is 6.20 Å². The van der Waals surface area contributed by atoms with Gasteiger partial charge in [-0.3, -0.25) is 14.7 Å². The molecule has 142 valence electrons. The lowest BCUT2D eigenvalue weighted by molar-refractivity contribution is -0.149. The highest BCUT2D eigenvalue weighted by Gasteiger charge is 2.55. The Hall–Kier alpha value is -1.85. The van der Waals surface area contributed by atoms with Crippen LogP contribution in [0, 0.1) is 29.1 Å². The van der Waals surface area contributed by atoms with Crippen LogP contribution in [0.25, 0.3) is 0 Å². The van der Waals surface area contributed by atoms with Crippen LogP contribution in [-0.4, -0.2) is 28.1 Å². The second kappa shape index (κ2) is 6.71. The molecule has 1 aromatic heterocycles. The van der Waals surface area contributed by atoms with Gasteiger partial charge in [0.2, 0.25) is 11.8 Å². The number of rotatable bonds is 6. The summed E-state index contributed by atoms with van der Waals surface area (Å²) in [5, 5.41) is 12.8. The zero-order valence-corrected chi connectivity index (χ0v) is 15.8. The van der Waals surface area contributed by atoms with Crippen LogP contribution in [0.1, 0.15) is 58.1 Å². The molecule has 4 aliphatic carbocycles. The molecule has 1 atom stereocenters. The molecule has 4 saturated carbocycles. The van der Waals surface area contributed by atoms with Gasteiger partial charge < -0.3 is 10.6 Å². The Kier molecular flexibility index (Phi) is 4.53. The van der Waals surface area contributed by atoms with E-state index < -0.39 is 6.04 Å². The van der Waals surface area contributed by atoms with Crippen LogP contribution in [-0.2, 0) is 16.1 Å². The van der Waals surface area contributed by atoms with E-state index in [2.05, 4.69) is 20.8 Å². The van der Waals surface area contributed by atoms with Crippen molar-refractivity contribution in [1.29, 1.82) is 0 Å². The van der Waals surface area contributed by atoms with Crippen molar-refractivity contribution in [3.05, 3.63) is 18.0 Å². The molecule has 1 unspecified atom stereocenters. The molecule has 3 N–H and O–H groups in total. The van der Waals surface area contributed by atoms with Gasteiger partial charge in [-0.25, -0.2) is 0 Å². The third kappa shape index (κ3) is 3.26. The van der Waals surface area contributed by atoms with Crippen LogP contribution in [0.5, 0.6) is 0 Å². The Balaban J connectivity index is 1.41. The summed E-state index contributed by atoms with van der Waals surface area (Å²) in [5.74, 6) is 2.21. The number of nitrogens with one attached hydrogen (secondary N) is 3. The number of hydrogen-bond donors (Lipinski definition) is 3. The van der Waals surface area contributed by atoms with Crippen LogP contribution in [0.15, 0.2) is 12.3 Å². The standard InChI is InChI=1S/C20H30N4O2/c1-12(2)17(18(25)21-11-16-3-4-22-24-16)23-19(26)20-8-13-5-14(9-20)7-15(6-13)10-20/h3-4,12-15,17H,5-11H2,1-2H3,(H,21,25)(H,22,24)(H,23,26). The van der Waals surface area contributed by atoms with Crippen molar-refractivity contribution >= 4 is 11.8 Å². The molecule has 4 aliphatic rings. The number of H-pyrrole nitrogens is 1. The molecule has 0 aromatic carbocycles. The van der Waals surface area contributed by atoms with Gasteiger partial charge in [0, 0.05) is 11.6 Å². The minimum Gasteiger partial charge on any atom is -0.349 e. The predicted molar refractivity (Wildman–Crippen MR) is 97.8 cm³/mol. The predicted octanol–water partition coefficient (Wildman–Crippen LogP) is 2.38. The van der Waals surface area contributed by atoms with Crippen molar-refractivity contribution in [3.63, 3.8) is 0 Å². The molecule has 1 aromatic rings. The van der Waals surface area contributed by atoms with Crippen LogP contribution in [0.2, 0.25) is 0 Å². The minimum atomic E-state index is -0.488. The van der Waals surface area contributed by atoms with Gasteiger partial charge in [0.1, 0.15) is 6.04 Å². The first-order valence-corrected chi connectivity index (χ1v) is 10.0. The Morgan fingerprint density at radius 1 is 1.19 bits per heavy atom. The summed E-state index contributed by atoms with van der Waals surface area (Å²) < 4.78 is 0. The van der Waals surface area contributed by atoms with Gasteiger partial charge in [-0.2, -0.15) is 5.10 Å². The minimum absolute atomic E-state index is 0.0506. The monoisotopic (exact) mass is 358 g/mol. The van der Waals surface area contributed by atoms with Gasteiger partial charge in [-0.15, -0.1) is 0 Å². The first-order chi connectivity index (χ1) is 12.4. The summed E-state index contributed by atoms with van der Waals surface area (Å²) >= 11 is 0. The van der Waals surface area contributed by atoms with Crippen LogP contribution in [0.3, 0.4) is 0 Å². The second-order valence-corrected chi connectivity index (χ2v) is 9.19. The first-order valence-electron chi connectivity index (χ1n) is 10.0. The Bertz CT molecular complexity index is 632. The third-order valence-electron chi connectivity index (χ3n) is 6.77. The van der Waals surface area contributed by atoms with Crippen molar-refractivity contribution in [2.24, 2.45) is 29.1 Å². The summed E-state index contributed by atoms with van der Waals surface area (Å²) in [5.41, 5.74) is 0.638. The SMILES string of the molecule is CC(C)C(NC(=O)C12CC3CC(CC(C3)C1)C2)C(=O)NCc1ccn[nH]1. The average molecular weight is 358 g/mol. The van der Waals surface area contributed by atoms with Gasteiger partial charge in [0.15, 0.2) is 0 Å². The summed E-state index contributed by atoms with van der Waals surface area (Å²) in [6, 6.07) is 1.34. The molecule has 1 heterocycles. The molecule has 0 radical (unpaired) electrons. The number of aromatic amines is 1. The smallest absolute Gasteiger partial charge is 0.243 e. The van der Waals surface area contributed by atoms with Gasteiger partial charge in [-0.05, 0) is 68.3 Å². The molecule has 2 amide bonds. The van der Waals surface area contributed by atoms with E-state index in [1.165, 1.54) is 19.3 Å². The summed E-state index contributed by atoms with van der Waals surface area (Å²) in [4.78, 5) is 25.9. The first kappa shape index (κ1) is 17.6. The van der Waals surface area contributed by atoms with Gasteiger partial charge in [0.05, 0.1) is 12.2 Å². The molecular formula is C20H30N4O2. The molecule has 5 rings (SSSR count). The second-order valence-electron chi connectivity index (χ2n) is 9.19. The molecule has 4 bridgehead atoms. The van der Waals surface area contributed by atoms with Gasteiger partial charge in [0.25, 0.3) is 0 Å². The highest BCUT2D eigenvalue weighted by atomic mass is 16.2. The fraction of sp³-hybridized carbons (Fsp3) is 0.750. The van der Waals surface area contributed by atoms with Crippen molar-refractivity contribution in [2.75, 3.05) is 0 Å². The van der Waals surface area contributed by atoms with Gasteiger partial charge >= 0.3 is 0 Å². The van der Waals surface area contributed by atoms with Gasteiger partial charge in [-0.1, -0.05) is 13.8 Å². The maximum Gasteiger partial charge on any atom is 0.243 e. The number of nitrogens with zero attached hydrogens (tertiary/aromatic N) is 1. The molecular weight excluding hydrogens is 328 g/mol. The topological polar surface area (TPSA) is 86.9 Å². The van der Waals surface area contributed by atoms with E-state index in [9.17, 15) is 9.59 Å². The molecule has 4 fully saturated rings. The number of carbonyl (C=O) groups is 2. The van der Waals surface area contributed by atoms with E-state index >= 15 is 0 Å². The lowest BCUT2D eigenvalue weighted by Gasteiger charge is -2.55. The normalized spacial score (nSPS) is 33.3. The lowest BCUT2D eigenvalue weighted by Crippen LogP contribution is -2.58. The largest absolute Gasteiger partial charge is 0.349 e. The van der Waals surface area contributed by atoms with Crippen molar-refractivity contribution in [3.8, 4) is 0 Å². The van der Waals surface area contributed by atoms with Crippen LogP contribution < -0.4 is 10.6 Å². The van der Waals surface area contributed by atoms with E-state index in [0.717, 1.165) is 42.7 Å². The zero-order valence-electron chi connectivity index (χ0n) is 15.8. The molecule has 0 saturated heterocycles. The van der Waals surface area contributed by atoms with E-state index in [0.29, 0.717) is 6.54 Å². The summed E-state index contributed by atoms with van der Waals surface area (Å²) in [6.07, 6.45) is 8.65. The number of carbonyl (C=O) groups excluding carboxylic acids is 2. The van der Waals surface area contributed by atoms with Crippen molar-refractivity contribution in [2.45, 2.75) is 65.0 Å². The molecule has 0 aliphatic heterocycles. The number of amides is 2. The fourth-order valence-corrected chi connectivity index (χ4v) is 5.89. The van der Waals surface area contributed by atoms with Crippen molar-refractivity contribution < 1.29 is 9.59 Å². The summed E-state index contributed by atoms with van der Waals surface area (Å²) in [7, 11) is 0. The lowest BCUT2D eigenvalue weighted by atomic mass is 9.49. The molecule has 6 heteroatoms. The quantitative estimate of drug-likeness (QED) is 0.730. The highest BCUT2D eigenvalue weighted by Crippen LogP contribution is 2.60. The van der Waals surface area contributed by atoms with E-state index in [1.807, 2.05) is 19.9 Å². The Morgan fingerprint density at radius 2 is 1.81 bits per heavy atom. The highest BCUT2D eigenvalue weighted by molar-refractivity contribution is 5.90. The molecule has 6 nitrogen and oxygen atoms in total. The number of aromatic nitrogens is 2. The maximum atomic E-state index is 13.2. The fourth-order valence-electron chi connectivity index (χ4n) is 5.89. The Labute approximate surface area is 154 Å².